The largest absolute Gasteiger partial charge is 0.299 e. The van der Waals surface area contributed by atoms with Gasteiger partial charge in [0.1, 0.15) is 5.78 Å². The Labute approximate surface area is 155 Å². The number of ketones is 1. The van der Waals surface area contributed by atoms with Crippen molar-refractivity contribution in [1.29, 1.82) is 0 Å². The van der Waals surface area contributed by atoms with Crippen LogP contribution in [-0.4, -0.2) is 5.78 Å². The first-order valence-corrected chi connectivity index (χ1v) is 10.5. The molecule has 25 heavy (non-hydrogen) atoms. The van der Waals surface area contributed by atoms with Crippen LogP contribution in [0.2, 0.25) is 0 Å². The van der Waals surface area contributed by atoms with Crippen LogP contribution in [-0.2, 0) is 11.2 Å². The summed E-state index contributed by atoms with van der Waals surface area (Å²) in [6, 6.07) is 10.8. The van der Waals surface area contributed by atoms with E-state index in [-0.39, 0.29) is 0 Å². The van der Waals surface area contributed by atoms with Crippen molar-refractivity contribution < 1.29 is 4.79 Å². The summed E-state index contributed by atoms with van der Waals surface area (Å²) < 4.78 is 0. The fourth-order valence-electron chi connectivity index (χ4n) is 3.33. The van der Waals surface area contributed by atoms with Gasteiger partial charge in [-0.25, -0.2) is 0 Å². The number of Topliss-reactive ketones (excluding diaryl/α,β-unsaturated/α-hetero) is 1. The van der Waals surface area contributed by atoms with Gasteiger partial charge in [-0.15, -0.1) is 6.58 Å². The van der Waals surface area contributed by atoms with Crippen molar-refractivity contribution in [3.8, 4) is 0 Å². The number of hydrogen-bond donors (Lipinski definition) is 0. The Hall–Kier alpha value is -1.37. The Bertz CT molecular complexity index is 435. The van der Waals surface area contributed by atoms with Crippen molar-refractivity contribution >= 4 is 5.78 Å². The maximum Gasteiger partial charge on any atom is 0.136 e. The van der Waals surface area contributed by atoms with Crippen molar-refractivity contribution in [1.82, 2.24) is 0 Å². The van der Waals surface area contributed by atoms with E-state index < -0.39 is 0 Å². The van der Waals surface area contributed by atoms with E-state index in [4.69, 9.17) is 0 Å². The quantitative estimate of drug-likeness (QED) is 0.212. The van der Waals surface area contributed by atoms with Crippen molar-refractivity contribution in [2.45, 2.75) is 96.3 Å². The molecular weight excluding hydrogens is 304 g/mol. The first kappa shape index (κ1) is 21.7. The van der Waals surface area contributed by atoms with Crippen LogP contribution in [0.25, 0.3) is 0 Å². The van der Waals surface area contributed by atoms with E-state index in [0.29, 0.717) is 12.2 Å². The number of allylic oxidation sites excluding steroid dienone is 1. The van der Waals surface area contributed by atoms with E-state index in [2.05, 4.69) is 36.9 Å². The molecule has 0 atom stereocenters. The van der Waals surface area contributed by atoms with Gasteiger partial charge in [0.15, 0.2) is 0 Å². The highest BCUT2D eigenvalue weighted by Gasteiger charge is 1.99. The highest BCUT2D eigenvalue weighted by atomic mass is 16.1. The number of carbonyl (C=O) groups is 1. The summed E-state index contributed by atoms with van der Waals surface area (Å²) in [5, 5.41) is 0. The number of aryl methyl sites for hydroxylation is 1. The number of carbonyl (C=O) groups excluding carboxylic acids is 1. The molecule has 1 aromatic rings. The normalized spacial score (nSPS) is 10.7. The van der Waals surface area contributed by atoms with Crippen LogP contribution < -0.4 is 0 Å². The lowest BCUT2D eigenvalue weighted by Gasteiger charge is -2.04. The average molecular weight is 343 g/mol. The van der Waals surface area contributed by atoms with E-state index in [1.54, 1.807) is 6.08 Å². The lowest BCUT2D eigenvalue weighted by atomic mass is 10.0. The smallest absolute Gasteiger partial charge is 0.136 e. The topological polar surface area (TPSA) is 17.1 Å². The Morgan fingerprint density at radius 1 is 0.720 bits per heavy atom. The molecule has 1 rings (SSSR count). The van der Waals surface area contributed by atoms with E-state index >= 15 is 0 Å². The van der Waals surface area contributed by atoms with Crippen LogP contribution in [0.1, 0.15) is 95.5 Å². The maximum absolute atomic E-state index is 11.3. The first-order chi connectivity index (χ1) is 12.3. The van der Waals surface area contributed by atoms with Crippen LogP contribution in [0.3, 0.4) is 0 Å². The van der Waals surface area contributed by atoms with Gasteiger partial charge in [-0.2, -0.15) is 0 Å². The molecule has 0 amide bonds. The summed E-state index contributed by atoms with van der Waals surface area (Å²) in [7, 11) is 0. The van der Waals surface area contributed by atoms with Gasteiger partial charge in [-0.05, 0) is 24.8 Å². The van der Waals surface area contributed by atoms with Gasteiger partial charge in [0.05, 0.1) is 0 Å². The molecule has 0 unspecified atom stereocenters. The van der Waals surface area contributed by atoms with Gasteiger partial charge in [-0.3, -0.25) is 4.79 Å². The van der Waals surface area contributed by atoms with Crippen molar-refractivity contribution in [2.24, 2.45) is 0 Å². The van der Waals surface area contributed by atoms with Crippen LogP contribution in [0.15, 0.2) is 43.0 Å². The molecule has 0 saturated carbocycles. The Kier molecular flexibility index (Phi) is 14.0. The van der Waals surface area contributed by atoms with Gasteiger partial charge >= 0.3 is 0 Å². The van der Waals surface area contributed by atoms with Gasteiger partial charge in [0.25, 0.3) is 0 Å². The molecule has 0 N–H and O–H groups in total. The monoisotopic (exact) mass is 342 g/mol. The second-order valence-electron chi connectivity index (χ2n) is 7.26. The molecule has 1 heteroatoms. The summed E-state index contributed by atoms with van der Waals surface area (Å²) in [5.41, 5.74) is 1.48. The van der Waals surface area contributed by atoms with E-state index in [0.717, 1.165) is 12.8 Å². The summed E-state index contributed by atoms with van der Waals surface area (Å²) in [6.07, 6.45) is 20.2. The Balaban J connectivity index is 1.74. The highest BCUT2D eigenvalue weighted by Crippen LogP contribution is 2.13. The number of hydrogen-bond acceptors (Lipinski definition) is 1. The third kappa shape index (κ3) is 13.6. The third-order valence-electron chi connectivity index (χ3n) is 4.89. The SMILES string of the molecule is C=CCC(=O)CCCCCCCCCCCCCCc1ccccc1. The molecule has 0 aromatic heterocycles. The molecule has 1 aromatic carbocycles. The minimum absolute atomic E-state index is 0.346. The van der Waals surface area contributed by atoms with Crippen LogP contribution in [0.5, 0.6) is 0 Å². The molecule has 0 heterocycles. The molecule has 0 bridgehead atoms. The standard InChI is InChI=1S/C24H38O/c1-2-18-24(25)22-17-12-10-8-6-4-3-5-7-9-11-14-19-23-20-15-13-16-21-23/h2,13,15-16,20-21H,1,3-12,14,17-19,22H2. The predicted octanol–water partition coefficient (Wildman–Crippen LogP) is 7.45. The molecule has 0 saturated heterocycles. The van der Waals surface area contributed by atoms with Crippen LogP contribution >= 0.6 is 0 Å². The highest BCUT2D eigenvalue weighted by molar-refractivity contribution is 5.79. The number of benzene rings is 1. The zero-order valence-corrected chi connectivity index (χ0v) is 16.2. The van der Waals surface area contributed by atoms with Gasteiger partial charge in [0, 0.05) is 12.8 Å². The van der Waals surface area contributed by atoms with Gasteiger partial charge in [-0.1, -0.05) is 101 Å². The second-order valence-corrected chi connectivity index (χ2v) is 7.26. The maximum atomic E-state index is 11.3. The molecule has 0 aliphatic carbocycles. The molecule has 0 aliphatic rings. The van der Waals surface area contributed by atoms with Gasteiger partial charge in [0.2, 0.25) is 0 Å². The van der Waals surface area contributed by atoms with E-state index in [1.165, 1.54) is 82.6 Å². The van der Waals surface area contributed by atoms with Crippen molar-refractivity contribution in [3.63, 3.8) is 0 Å². The zero-order chi connectivity index (χ0) is 18.0. The first-order valence-electron chi connectivity index (χ1n) is 10.5. The summed E-state index contributed by atoms with van der Waals surface area (Å²) in [6.45, 7) is 3.61. The summed E-state index contributed by atoms with van der Waals surface area (Å²) in [4.78, 5) is 11.3. The van der Waals surface area contributed by atoms with Gasteiger partial charge < -0.3 is 0 Å². The second kappa shape index (κ2) is 16.1. The minimum Gasteiger partial charge on any atom is -0.299 e. The molecule has 140 valence electrons. The fourth-order valence-corrected chi connectivity index (χ4v) is 3.33. The molecule has 1 nitrogen and oxygen atoms in total. The number of rotatable bonds is 17. The number of unbranched alkanes of at least 4 members (excludes halogenated alkanes) is 11. The van der Waals surface area contributed by atoms with Crippen molar-refractivity contribution in [2.75, 3.05) is 0 Å². The summed E-state index contributed by atoms with van der Waals surface area (Å²) in [5.74, 6) is 0.346. The molecular formula is C24H38O. The minimum atomic E-state index is 0.346. The average Bonchev–Trinajstić information content (AvgIpc) is 2.63. The van der Waals surface area contributed by atoms with E-state index in [1.807, 2.05) is 0 Å². The fraction of sp³-hybridized carbons (Fsp3) is 0.625. The Morgan fingerprint density at radius 2 is 1.20 bits per heavy atom. The lowest BCUT2D eigenvalue weighted by molar-refractivity contribution is -0.118. The van der Waals surface area contributed by atoms with Crippen LogP contribution in [0.4, 0.5) is 0 Å². The molecule has 0 fully saturated rings. The molecule has 0 spiro atoms. The lowest BCUT2D eigenvalue weighted by Crippen LogP contribution is -1.94. The molecule has 0 aliphatic heterocycles. The third-order valence-corrected chi connectivity index (χ3v) is 4.89. The van der Waals surface area contributed by atoms with Crippen molar-refractivity contribution in [3.05, 3.63) is 48.6 Å². The van der Waals surface area contributed by atoms with Crippen LogP contribution in [0, 0.1) is 0 Å². The van der Waals surface area contributed by atoms with E-state index in [9.17, 15) is 4.79 Å². The Morgan fingerprint density at radius 3 is 1.72 bits per heavy atom. The predicted molar refractivity (Wildman–Crippen MR) is 110 cm³/mol. The summed E-state index contributed by atoms with van der Waals surface area (Å²) >= 11 is 0. The zero-order valence-electron chi connectivity index (χ0n) is 16.2. The molecule has 0 radical (unpaired) electrons.